The topological polar surface area (TPSA) is 29.5 Å². The van der Waals surface area contributed by atoms with E-state index < -0.39 is 5.41 Å². The molecule has 2 aliphatic rings. The van der Waals surface area contributed by atoms with Crippen LogP contribution in [0.1, 0.15) is 47.2 Å². The fraction of sp³-hybridized carbons (Fsp3) is 0.0690. The minimum atomic E-state index is -0.774. The number of nitrogens with zero attached hydrogens (tertiary/aromatic N) is 1. The fourth-order valence-corrected chi connectivity index (χ4v) is 11.1. The molecule has 11 aromatic rings. The van der Waals surface area contributed by atoms with Crippen LogP contribution in [0.2, 0.25) is 0 Å². The first-order chi connectivity index (χ1) is 30.0. The molecule has 0 amide bonds. The highest BCUT2D eigenvalue weighted by Crippen LogP contribution is 2.61. The Balaban J connectivity index is 1.22. The molecule has 0 bridgehead atoms. The van der Waals surface area contributed by atoms with Gasteiger partial charge in [-0.05, 0) is 92.5 Å². The lowest BCUT2D eigenvalue weighted by atomic mass is 9.66. The number of hydrogen-bond acceptors (Lipinski definition) is 3. The predicted octanol–water partition coefficient (Wildman–Crippen LogP) is 15.6. The second-order valence-corrected chi connectivity index (χ2v) is 17.1. The van der Waals surface area contributed by atoms with Gasteiger partial charge < -0.3 is 13.7 Å². The van der Waals surface area contributed by atoms with Crippen molar-refractivity contribution >= 4 is 60.9 Å². The molecule has 0 aliphatic heterocycles. The van der Waals surface area contributed by atoms with Gasteiger partial charge in [-0.15, -0.1) is 0 Å². The summed E-state index contributed by atoms with van der Waals surface area (Å²) in [5, 5.41) is 4.35. The van der Waals surface area contributed by atoms with Crippen molar-refractivity contribution in [1.82, 2.24) is 0 Å². The van der Waals surface area contributed by atoms with Crippen LogP contribution in [-0.2, 0) is 10.8 Å². The van der Waals surface area contributed by atoms with Gasteiger partial charge in [-0.25, -0.2) is 0 Å². The number of anilines is 3. The maximum Gasteiger partial charge on any atom is 0.159 e. The van der Waals surface area contributed by atoms with Crippen molar-refractivity contribution in [1.29, 1.82) is 0 Å². The molecule has 13 rings (SSSR count). The SMILES string of the molecule is CC1(C)c2ccccc2-c2ccc(N(c3ccc4c(oc5ccccc54)c3C3(c4ccccc4)c4ccccc4-c4ccccc43)c3cccc4c3oc3ccccc34)cc21. The molecular formula is C58H39NO2. The quantitative estimate of drug-likeness (QED) is 0.174. The molecule has 0 atom stereocenters. The third-order valence-corrected chi connectivity index (χ3v) is 13.7. The Morgan fingerprint density at radius 2 is 0.902 bits per heavy atom. The van der Waals surface area contributed by atoms with E-state index in [4.69, 9.17) is 8.83 Å². The van der Waals surface area contributed by atoms with Gasteiger partial charge in [0.25, 0.3) is 0 Å². The standard InChI is InChI=1S/C58H39NO2/c1-57(2)46-25-11-6-19-38(46)41-32-31-37(35-49(41)57)59(51-28-16-24-44-42-22-9-14-29-52(42)60-55(44)51)50-34-33-45-43-23-10-15-30-53(43)61-56(45)54(50)58(36-17-4-3-5-18-36)47-26-12-7-20-39(47)40-21-8-13-27-48(40)58/h3-35H,1-2H3. The summed E-state index contributed by atoms with van der Waals surface area (Å²) in [6, 6.07) is 72.9. The van der Waals surface area contributed by atoms with E-state index in [9.17, 15) is 0 Å². The molecule has 3 heteroatoms. The molecule has 2 aromatic heterocycles. The first kappa shape index (κ1) is 34.3. The molecule has 2 aliphatic carbocycles. The van der Waals surface area contributed by atoms with Gasteiger partial charge in [0, 0.05) is 38.2 Å². The fourth-order valence-electron chi connectivity index (χ4n) is 11.1. The van der Waals surface area contributed by atoms with Crippen molar-refractivity contribution in [3.05, 3.63) is 234 Å². The van der Waals surface area contributed by atoms with Gasteiger partial charge in [0.15, 0.2) is 5.58 Å². The van der Waals surface area contributed by atoms with E-state index in [2.05, 4.69) is 219 Å². The zero-order valence-corrected chi connectivity index (χ0v) is 33.8. The lowest BCUT2D eigenvalue weighted by molar-refractivity contribution is 0.648. The minimum absolute atomic E-state index is 0.209. The minimum Gasteiger partial charge on any atom is -0.456 e. The Morgan fingerprint density at radius 3 is 1.59 bits per heavy atom. The van der Waals surface area contributed by atoms with Crippen LogP contribution < -0.4 is 4.90 Å². The van der Waals surface area contributed by atoms with Crippen molar-refractivity contribution in [2.75, 3.05) is 4.90 Å². The van der Waals surface area contributed by atoms with E-state index in [1.54, 1.807) is 0 Å². The molecule has 0 fully saturated rings. The molecule has 3 nitrogen and oxygen atoms in total. The first-order valence-electron chi connectivity index (χ1n) is 21.2. The van der Waals surface area contributed by atoms with Crippen LogP contribution in [0.4, 0.5) is 17.1 Å². The van der Waals surface area contributed by atoms with Gasteiger partial charge in [0.2, 0.25) is 0 Å². The summed E-state index contributed by atoms with van der Waals surface area (Å²) in [5.74, 6) is 0. The Labute approximate surface area is 353 Å². The molecule has 0 unspecified atom stereocenters. The maximum atomic E-state index is 7.27. The number of hydrogen-bond donors (Lipinski definition) is 0. The van der Waals surface area contributed by atoms with Crippen LogP contribution in [0.25, 0.3) is 66.1 Å². The highest BCUT2D eigenvalue weighted by Gasteiger charge is 2.50. The highest BCUT2D eigenvalue weighted by molar-refractivity contribution is 6.13. The van der Waals surface area contributed by atoms with Gasteiger partial charge in [0.05, 0.1) is 16.8 Å². The average Bonchev–Trinajstić information content (AvgIpc) is 4.03. The number of benzene rings is 9. The molecule has 2 heterocycles. The normalized spacial score (nSPS) is 14.3. The molecule has 0 saturated heterocycles. The molecule has 61 heavy (non-hydrogen) atoms. The van der Waals surface area contributed by atoms with Gasteiger partial charge in [0.1, 0.15) is 16.7 Å². The summed E-state index contributed by atoms with van der Waals surface area (Å²) < 4.78 is 14.2. The van der Waals surface area contributed by atoms with E-state index in [0.717, 1.165) is 66.5 Å². The van der Waals surface area contributed by atoms with Crippen LogP contribution in [0.15, 0.2) is 209 Å². The van der Waals surface area contributed by atoms with Crippen molar-refractivity contribution in [3.8, 4) is 22.3 Å². The van der Waals surface area contributed by atoms with E-state index in [1.807, 2.05) is 0 Å². The van der Waals surface area contributed by atoms with Gasteiger partial charge in [-0.3, -0.25) is 0 Å². The van der Waals surface area contributed by atoms with E-state index in [0.29, 0.717) is 0 Å². The van der Waals surface area contributed by atoms with Crippen LogP contribution in [0.5, 0.6) is 0 Å². The Bertz CT molecular complexity index is 3540. The smallest absolute Gasteiger partial charge is 0.159 e. The summed E-state index contributed by atoms with van der Waals surface area (Å²) in [7, 11) is 0. The summed E-state index contributed by atoms with van der Waals surface area (Å²) in [5.41, 5.74) is 17.9. The number of para-hydroxylation sites is 3. The van der Waals surface area contributed by atoms with Crippen LogP contribution >= 0.6 is 0 Å². The first-order valence-corrected chi connectivity index (χ1v) is 21.2. The van der Waals surface area contributed by atoms with Crippen molar-refractivity contribution in [3.63, 3.8) is 0 Å². The van der Waals surface area contributed by atoms with Gasteiger partial charge in [-0.2, -0.15) is 0 Å². The predicted molar refractivity (Wildman–Crippen MR) is 251 cm³/mol. The highest BCUT2D eigenvalue weighted by atomic mass is 16.3. The summed E-state index contributed by atoms with van der Waals surface area (Å²) in [6.07, 6.45) is 0. The lowest BCUT2D eigenvalue weighted by Crippen LogP contribution is -2.31. The van der Waals surface area contributed by atoms with Crippen LogP contribution in [0.3, 0.4) is 0 Å². The van der Waals surface area contributed by atoms with Crippen LogP contribution in [0, 0.1) is 0 Å². The van der Waals surface area contributed by atoms with Gasteiger partial charge >= 0.3 is 0 Å². The van der Waals surface area contributed by atoms with Gasteiger partial charge in [-0.1, -0.05) is 172 Å². The van der Waals surface area contributed by atoms with Crippen LogP contribution in [-0.4, -0.2) is 0 Å². The maximum absolute atomic E-state index is 7.27. The number of rotatable bonds is 5. The summed E-state index contributed by atoms with van der Waals surface area (Å²) in [4.78, 5) is 2.46. The second-order valence-electron chi connectivity index (χ2n) is 17.1. The third kappa shape index (κ3) is 4.53. The number of fused-ring (bicyclic) bond motifs is 12. The second kappa shape index (κ2) is 12.5. The van der Waals surface area contributed by atoms with E-state index in [1.165, 1.54) is 50.1 Å². The molecular weight excluding hydrogens is 743 g/mol. The third-order valence-electron chi connectivity index (χ3n) is 13.7. The molecule has 288 valence electrons. The summed E-state index contributed by atoms with van der Waals surface area (Å²) >= 11 is 0. The Morgan fingerprint density at radius 1 is 0.377 bits per heavy atom. The van der Waals surface area contributed by atoms with Crippen molar-refractivity contribution in [2.45, 2.75) is 24.7 Å². The molecule has 0 radical (unpaired) electrons. The molecule has 0 spiro atoms. The monoisotopic (exact) mass is 781 g/mol. The zero-order valence-electron chi connectivity index (χ0n) is 33.8. The molecule has 0 N–H and O–H groups in total. The molecule has 0 saturated carbocycles. The lowest BCUT2D eigenvalue weighted by Gasteiger charge is -2.38. The Kier molecular flexibility index (Phi) is 6.99. The van der Waals surface area contributed by atoms with E-state index in [-0.39, 0.29) is 5.41 Å². The largest absolute Gasteiger partial charge is 0.456 e. The Hall–Kier alpha value is -7.62. The number of furan rings is 2. The average molecular weight is 782 g/mol. The summed E-state index contributed by atoms with van der Waals surface area (Å²) in [6.45, 7) is 4.71. The molecule has 9 aromatic carbocycles. The van der Waals surface area contributed by atoms with Crippen molar-refractivity contribution < 1.29 is 8.83 Å². The van der Waals surface area contributed by atoms with E-state index >= 15 is 0 Å². The zero-order chi connectivity index (χ0) is 40.5. The van der Waals surface area contributed by atoms with Crippen molar-refractivity contribution in [2.24, 2.45) is 0 Å².